The molecule has 2 rings (SSSR count). The number of hydrogen-bond donors (Lipinski definition) is 2. The van der Waals surface area contributed by atoms with E-state index in [1.165, 1.54) is 0 Å². The molecule has 94 valence electrons. The zero-order valence-electron chi connectivity index (χ0n) is 9.64. The molecule has 18 heavy (non-hydrogen) atoms. The van der Waals surface area contributed by atoms with Crippen LogP contribution in [0.1, 0.15) is 0 Å². The van der Waals surface area contributed by atoms with E-state index in [2.05, 4.69) is 15.3 Å². The lowest BCUT2D eigenvalue weighted by Gasteiger charge is -2.07. The van der Waals surface area contributed by atoms with Gasteiger partial charge in [0.1, 0.15) is 12.4 Å². The molecule has 6 heteroatoms. The van der Waals surface area contributed by atoms with Gasteiger partial charge in [0, 0.05) is 5.69 Å². The van der Waals surface area contributed by atoms with E-state index in [9.17, 15) is 4.39 Å². The van der Waals surface area contributed by atoms with Gasteiger partial charge in [-0.3, -0.25) is 0 Å². The molecule has 5 nitrogen and oxygen atoms in total. The highest BCUT2D eigenvalue weighted by Gasteiger charge is 1.97. The summed E-state index contributed by atoms with van der Waals surface area (Å²) in [5.41, 5.74) is 6.25. The summed E-state index contributed by atoms with van der Waals surface area (Å²) in [6.07, 6.45) is 2.21. The molecule has 0 aliphatic rings. The number of halogens is 1. The summed E-state index contributed by atoms with van der Waals surface area (Å²) in [7, 11) is 0. The van der Waals surface area contributed by atoms with Gasteiger partial charge in [0.2, 0.25) is 5.95 Å². The van der Waals surface area contributed by atoms with Crippen molar-refractivity contribution < 1.29 is 9.13 Å². The summed E-state index contributed by atoms with van der Waals surface area (Å²) < 4.78 is 18.0. The van der Waals surface area contributed by atoms with Crippen molar-refractivity contribution in [1.82, 2.24) is 9.97 Å². The van der Waals surface area contributed by atoms with Crippen LogP contribution in [0.4, 0.5) is 16.0 Å². The van der Waals surface area contributed by atoms with Crippen LogP contribution in [0.2, 0.25) is 0 Å². The fourth-order valence-corrected chi connectivity index (χ4v) is 1.30. The molecule has 0 radical (unpaired) electrons. The molecule has 0 saturated heterocycles. The van der Waals surface area contributed by atoms with Gasteiger partial charge < -0.3 is 15.8 Å². The number of ether oxygens (including phenoxy) is 1. The van der Waals surface area contributed by atoms with Gasteiger partial charge in [0.05, 0.1) is 18.9 Å². The normalized spacial score (nSPS) is 10.1. The standard InChI is InChI=1S/C12H13FN4O/c13-9-7-16-12(17-8-9)15-5-6-18-11-3-1-10(14)2-4-11/h1-4,7-8H,5-6,14H2,(H,15,16,17). The number of nitrogens with one attached hydrogen (secondary N) is 1. The molecule has 0 amide bonds. The smallest absolute Gasteiger partial charge is 0.222 e. The summed E-state index contributed by atoms with van der Waals surface area (Å²) in [5, 5.41) is 2.91. The minimum absolute atomic E-state index is 0.373. The molecule has 0 unspecified atom stereocenters. The van der Waals surface area contributed by atoms with Crippen LogP contribution in [-0.4, -0.2) is 23.1 Å². The van der Waals surface area contributed by atoms with Gasteiger partial charge in [-0.25, -0.2) is 14.4 Å². The average molecular weight is 248 g/mol. The topological polar surface area (TPSA) is 73.1 Å². The molecular formula is C12H13FN4O. The van der Waals surface area contributed by atoms with Crippen molar-refractivity contribution in [3.63, 3.8) is 0 Å². The monoisotopic (exact) mass is 248 g/mol. The van der Waals surface area contributed by atoms with E-state index in [-0.39, 0.29) is 0 Å². The van der Waals surface area contributed by atoms with Crippen LogP contribution in [0.3, 0.4) is 0 Å². The third kappa shape index (κ3) is 3.58. The number of anilines is 2. The van der Waals surface area contributed by atoms with Gasteiger partial charge in [-0.15, -0.1) is 0 Å². The van der Waals surface area contributed by atoms with Crippen molar-refractivity contribution in [2.75, 3.05) is 24.2 Å². The molecule has 0 aliphatic carbocycles. The van der Waals surface area contributed by atoms with E-state index in [0.29, 0.717) is 24.8 Å². The third-order valence-electron chi connectivity index (χ3n) is 2.15. The maximum Gasteiger partial charge on any atom is 0.222 e. The van der Waals surface area contributed by atoms with Crippen LogP contribution in [0.25, 0.3) is 0 Å². The highest BCUT2D eigenvalue weighted by atomic mass is 19.1. The predicted octanol–water partition coefficient (Wildman–Crippen LogP) is 1.69. The number of hydrogen-bond acceptors (Lipinski definition) is 5. The summed E-state index contributed by atoms with van der Waals surface area (Å²) in [4.78, 5) is 7.53. The van der Waals surface area contributed by atoms with E-state index in [0.717, 1.165) is 18.1 Å². The lowest BCUT2D eigenvalue weighted by Crippen LogP contribution is -2.13. The summed E-state index contributed by atoms with van der Waals surface area (Å²) in [6.45, 7) is 0.973. The van der Waals surface area contributed by atoms with Gasteiger partial charge >= 0.3 is 0 Å². The third-order valence-corrected chi connectivity index (χ3v) is 2.15. The van der Waals surface area contributed by atoms with Gasteiger partial charge in [-0.1, -0.05) is 0 Å². The number of rotatable bonds is 5. The van der Waals surface area contributed by atoms with Crippen LogP contribution in [0.15, 0.2) is 36.7 Å². The van der Waals surface area contributed by atoms with Crippen LogP contribution in [0.5, 0.6) is 5.75 Å². The van der Waals surface area contributed by atoms with Crippen LogP contribution < -0.4 is 15.8 Å². The molecule has 0 atom stereocenters. The highest BCUT2D eigenvalue weighted by Crippen LogP contribution is 2.12. The van der Waals surface area contributed by atoms with Crippen molar-refractivity contribution in [2.45, 2.75) is 0 Å². The second kappa shape index (κ2) is 5.81. The van der Waals surface area contributed by atoms with Gasteiger partial charge in [0.15, 0.2) is 5.82 Å². The number of aromatic nitrogens is 2. The Hall–Kier alpha value is -2.37. The highest BCUT2D eigenvalue weighted by molar-refractivity contribution is 5.41. The van der Waals surface area contributed by atoms with E-state index in [1.54, 1.807) is 24.3 Å². The average Bonchev–Trinajstić information content (AvgIpc) is 2.39. The minimum atomic E-state index is -0.460. The number of nitrogen functional groups attached to an aromatic ring is 1. The fourth-order valence-electron chi connectivity index (χ4n) is 1.30. The molecule has 0 aliphatic heterocycles. The van der Waals surface area contributed by atoms with Crippen molar-refractivity contribution in [2.24, 2.45) is 0 Å². The summed E-state index contributed by atoms with van der Waals surface area (Å²) in [5.74, 6) is 0.655. The molecule has 1 heterocycles. The summed E-state index contributed by atoms with van der Waals surface area (Å²) in [6, 6.07) is 7.13. The second-order valence-electron chi connectivity index (χ2n) is 3.57. The van der Waals surface area contributed by atoms with Crippen LogP contribution >= 0.6 is 0 Å². The first-order valence-corrected chi connectivity index (χ1v) is 5.44. The first-order valence-electron chi connectivity index (χ1n) is 5.44. The quantitative estimate of drug-likeness (QED) is 0.622. The van der Waals surface area contributed by atoms with Crippen molar-refractivity contribution in [3.05, 3.63) is 42.5 Å². The number of nitrogens with zero attached hydrogens (tertiary/aromatic N) is 2. The molecule has 1 aromatic heterocycles. The van der Waals surface area contributed by atoms with Gasteiger partial charge in [-0.2, -0.15) is 0 Å². The van der Waals surface area contributed by atoms with E-state index in [1.807, 2.05) is 0 Å². The molecule has 3 N–H and O–H groups in total. The van der Waals surface area contributed by atoms with Crippen LogP contribution in [0, 0.1) is 5.82 Å². The SMILES string of the molecule is Nc1ccc(OCCNc2ncc(F)cn2)cc1. The Morgan fingerprint density at radius 3 is 2.50 bits per heavy atom. The van der Waals surface area contributed by atoms with Crippen molar-refractivity contribution in [3.8, 4) is 5.75 Å². The molecule has 1 aromatic carbocycles. The first-order chi connectivity index (χ1) is 8.74. The Bertz CT molecular complexity index is 439. The van der Waals surface area contributed by atoms with Gasteiger partial charge in [0.25, 0.3) is 0 Å². The predicted molar refractivity (Wildman–Crippen MR) is 66.8 cm³/mol. The Balaban J connectivity index is 1.73. The Labute approximate surface area is 104 Å². The fraction of sp³-hybridized carbons (Fsp3) is 0.167. The van der Waals surface area contributed by atoms with E-state index >= 15 is 0 Å². The first kappa shape index (κ1) is 12.1. The number of nitrogens with two attached hydrogens (primary N) is 1. The molecule has 0 bridgehead atoms. The Morgan fingerprint density at radius 2 is 1.83 bits per heavy atom. The van der Waals surface area contributed by atoms with E-state index in [4.69, 9.17) is 10.5 Å². The maximum atomic E-state index is 12.5. The van der Waals surface area contributed by atoms with Crippen LogP contribution in [-0.2, 0) is 0 Å². The van der Waals surface area contributed by atoms with Crippen molar-refractivity contribution >= 4 is 11.6 Å². The Morgan fingerprint density at radius 1 is 1.17 bits per heavy atom. The van der Waals surface area contributed by atoms with Crippen molar-refractivity contribution in [1.29, 1.82) is 0 Å². The Kier molecular flexibility index (Phi) is 3.90. The maximum absolute atomic E-state index is 12.5. The zero-order chi connectivity index (χ0) is 12.8. The molecule has 0 spiro atoms. The minimum Gasteiger partial charge on any atom is -0.492 e. The largest absolute Gasteiger partial charge is 0.492 e. The molecule has 2 aromatic rings. The lowest BCUT2D eigenvalue weighted by atomic mass is 10.3. The zero-order valence-corrected chi connectivity index (χ0v) is 9.64. The lowest BCUT2D eigenvalue weighted by molar-refractivity contribution is 0.332. The molecule has 0 fully saturated rings. The molecular weight excluding hydrogens is 235 g/mol. The molecule has 0 saturated carbocycles. The second-order valence-corrected chi connectivity index (χ2v) is 3.57. The number of benzene rings is 1. The van der Waals surface area contributed by atoms with E-state index < -0.39 is 5.82 Å². The summed E-state index contributed by atoms with van der Waals surface area (Å²) >= 11 is 0. The van der Waals surface area contributed by atoms with Gasteiger partial charge in [-0.05, 0) is 24.3 Å².